The molecular weight excluding hydrogens is 442 g/mol. The molecule has 0 unspecified atom stereocenters. The molecule has 168 valence electrons. The molecule has 9 nitrogen and oxygen atoms in total. The van der Waals surface area contributed by atoms with E-state index in [1.807, 2.05) is 31.2 Å². The second-order valence-electron chi connectivity index (χ2n) is 6.95. The fourth-order valence-electron chi connectivity index (χ4n) is 3.36. The fraction of sp³-hybridized carbons (Fsp3) is 0.174. The highest BCUT2D eigenvalue weighted by molar-refractivity contribution is 7.08. The van der Waals surface area contributed by atoms with Gasteiger partial charge in [-0.2, -0.15) is 0 Å². The van der Waals surface area contributed by atoms with E-state index in [2.05, 4.69) is 20.4 Å². The Bertz CT molecular complexity index is 1340. The number of aromatic nitrogens is 3. The molecule has 2 heterocycles. The topological polar surface area (TPSA) is 115 Å². The number of ether oxygens (including phenoxy) is 2. The molecule has 0 spiro atoms. The summed E-state index contributed by atoms with van der Waals surface area (Å²) < 4.78 is 14.5. The highest BCUT2D eigenvalue weighted by Gasteiger charge is 2.18. The lowest BCUT2D eigenvalue weighted by atomic mass is 10.0. The molecule has 2 N–H and O–H groups in total. The smallest absolute Gasteiger partial charge is 0.283 e. The first kappa shape index (κ1) is 22.2. The van der Waals surface area contributed by atoms with Crippen molar-refractivity contribution < 1.29 is 19.1 Å². The molecule has 2 amide bonds. The molecule has 0 bridgehead atoms. The summed E-state index contributed by atoms with van der Waals surface area (Å²) in [7, 11) is 3.12. The first-order valence-corrected chi connectivity index (χ1v) is 10.9. The van der Waals surface area contributed by atoms with Gasteiger partial charge in [-0.25, -0.2) is 4.98 Å². The van der Waals surface area contributed by atoms with Gasteiger partial charge in [0.05, 0.1) is 36.7 Å². The average molecular weight is 464 g/mol. The zero-order chi connectivity index (χ0) is 23.4. The maximum absolute atomic E-state index is 13.1. The Labute approximate surface area is 193 Å². The SMILES string of the molecule is CCc1nnsc1C(=O)NNC(=O)c1cc(-c2ccc(OC)c(OC)c2)nc2ccccc12. The second-order valence-corrected chi connectivity index (χ2v) is 7.71. The molecule has 0 saturated carbocycles. The van der Waals surface area contributed by atoms with Crippen LogP contribution < -0.4 is 20.3 Å². The number of para-hydroxylation sites is 1. The molecule has 33 heavy (non-hydrogen) atoms. The van der Waals surface area contributed by atoms with Crippen molar-refractivity contribution in [3.05, 3.63) is 64.7 Å². The summed E-state index contributed by atoms with van der Waals surface area (Å²) in [6.07, 6.45) is 0.566. The van der Waals surface area contributed by atoms with E-state index in [9.17, 15) is 9.59 Å². The third kappa shape index (κ3) is 4.46. The lowest BCUT2D eigenvalue weighted by Gasteiger charge is -2.13. The summed E-state index contributed by atoms with van der Waals surface area (Å²) in [4.78, 5) is 30.6. The largest absolute Gasteiger partial charge is 0.493 e. The molecular formula is C23H21N5O4S. The van der Waals surface area contributed by atoms with E-state index in [1.165, 1.54) is 0 Å². The van der Waals surface area contributed by atoms with Crippen molar-refractivity contribution in [2.45, 2.75) is 13.3 Å². The normalized spacial score (nSPS) is 10.6. The van der Waals surface area contributed by atoms with Gasteiger partial charge in [-0.15, -0.1) is 5.10 Å². The highest BCUT2D eigenvalue weighted by atomic mass is 32.1. The van der Waals surface area contributed by atoms with E-state index in [0.29, 0.717) is 50.7 Å². The maximum Gasteiger partial charge on any atom is 0.283 e. The van der Waals surface area contributed by atoms with Gasteiger partial charge in [-0.1, -0.05) is 29.6 Å². The molecule has 2 aromatic carbocycles. The quantitative estimate of drug-likeness (QED) is 0.421. The Balaban J connectivity index is 1.67. The number of benzene rings is 2. The lowest BCUT2D eigenvalue weighted by Crippen LogP contribution is -2.41. The Morgan fingerprint density at radius 1 is 0.970 bits per heavy atom. The number of nitrogens with one attached hydrogen (secondary N) is 2. The molecule has 2 aromatic heterocycles. The number of hydrazine groups is 1. The van der Waals surface area contributed by atoms with Crippen LogP contribution in [0.3, 0.4) is 0 Å². The first-order valence-electron chi connectivity index (χ1n) is 10.1. The monoisotopic (exact) mass is 463 g/mol. The van der Waals surface area contributed by atoms with Crippen LogP contribution in [0.2, 0.25) is 0 Å². The predicted molar refractivity (Wildman–Crippen MR) is 125 cm³/mol. The van der Waals surface area contributed by atoms with E-state index in [-0.39, 0.29) is 0 Å². The number of amides is 2. The molecule has 0 atom stereocenters. The number of methoxy groups -OCH3 is 2. The van der Waals surface area contributed by atoms with E-state index >= 15 is 0 Å². The van der Waals surface area contributed by atoms with Crippen molar-refractivity contribution >= 4 is 34.2 Å². The second kappa shape index (κ2) is 9.61. The van der Waals surface area contributed by atoms with Gasteiger partial charge in [-0.05, 0) is 48.3 Å². The van der Waals surface area contributed by atoms with Gasteiger partial charge in [0.1, 0.15) is 4.88 Å². The average Bonchev–Trinajstić information content (AvgIpc) is 3.35. The molecule has 10 heteroatoms. The Morgan fingerprint density at radius 3 is 2.48 bits per heavy atom. The summed E-state index contributed by atoms with van der Waals surface area (Å²) in [5, 5.41) is 4.58. The Morgan fingerprint density at radius 2 is 1.73 bits per heavy atom. The van der Waals surface area contributed by atoms with Gasteiger partial charge in [0, 0.05) is 10.9 Å². The minimum absolute atomic E-state index is 0.364. The van der Waals surface area contributed by atoms with E-state index < -0.39 is 11.8 Å². The van der Waals surface area contributed by atoms with Crippen LogP contribution >= 0.6 is 11.5 Å². The number of carbonyl (C=O) groups excluding carboxylic acids is 2. The van der Waals surface area contributed by atoms with Gasteiger partial charge < -0.3 is 9.47 Å². The minimum Gasteiger partial charge on any atom is -0.493 e. The number of hydrogen-bond donors (Lipinski definition) is 2. The summed E-state index contributed by atoms with van der Waals surface area (Å²) >= 11 is 0.982. The van der Waals surface area contributed by atoms with Gasteiger partial charge in [0.2, 0.25) is 0 Å². The van der Waals surface area contributed by atoms with Gasteiger partial charge in [0.25, 0.3) is 11.8 Å². The van der Waals surface area contributed by atoms with Crippen molar-refractivity contribution in [1.29, 1.82) is 0 Å². The van der Waals surface area contributed by atoms with Crippen molar-refractivity contribution in [2.24, 2.45) is 0 Å². The van der Waals surface area contributed by atoms with Crippen LogP contribution in [0.1, 0.15) is 32.6 Å². The first-order chi connectivity index (χ1) is 16.0. The zero-order valence-corrected chi connectivity index (χ0v) is 19.0. The van der Waals surface area contributed by atoms with Gasteiger partial charge >= 0.3 is 0 Å². The van der Waals surface area contributed by atoms with Crippen LogP contribution in [-0.4, -0.2) is 40.6 Å². The predicted octanol–water partition coefficient (Wildman–Crippen LogP) is 3.41. The van der Waals surface area contributed by atoms with Crippen LogP contribution in [0.4, 0.5) is 0 Å². The molecule has 4 aromatic rings. The molecule has 0 radical (unpaired) electrons. The van der Waals surface area contributed by atoms with Crippen LogP contribution in [0.15, 0.2) is 48.5 Å². The van der Waals surface area contributed by atoms with Crippen LogP contribution in [0.25, 0.3) is 22.2 Å². The molecule has 4 rings (SSSR count). The molecule has 0 aliphatic heterocycles. The summed E-state index contributed by atoms with van der Waals surface area (Å²) in [6.45, 7) is 1.88. The fourth-order valence-corrected chi connectivity index (χ4v) is 4.00. The van der Waals surface area contributed by atoms with Crippen molar-refractivity contribution in [1.82, 2.24) is 25.4 Å². The minimum atomic E-state index is -0.473. The number of carbonyl (C=O) groups is 2. The van der Waals surface area contributed by atoms with E-state index in [0.717, 1.165) is 17.1 Å². The number of fused-ring (bicyclic) bond motifs is 1. The van der Waals surface area contributed by atoms with Crippen LogP contribution in [0, 0.1) is 0 Å². The molecule has 0 fully saturated rings. The maximum atomic E-state index is 13.1. The molecule has 0 aliphatic rings. The van der Waals surface area contributed by atoms with Crippen molar-refractivity contribution in [2.75, 3.05) is 14.2 Å². The van der Waals surface area contributed by atoms with Gasteiger partial charge in [0.15, 0.2) is 11.5 Å². The third-order valence-corrected chi connectivity index (χ3v) is 5.79. The van der Waals surface area contributed by atoms with Crippen molar-refractivity contribution in [3.8, 4) is 22.8 Å². The van der Waals surface area contributed by atoms with Crippen LogP contribution in [0.5, 0.6) is 11.5 Å². The standard InChI is InChI=1S/C23H21N5O4S/c1-4-16-21(33-28-25-16)23(30)27-26-22(29)15-12-18(24-17-8-6-5-7-14(15)17)13-9-10-19(31-2)20(11-13)32-3/h5-12H,4H2,1-3H3,(H,26,29)(H,27,30). The Kier molecular flexibility index (Phi) is 6.45. The van der Waals surface area contributed by atoms with E-state index in [4.69, 9.17) is 14.5 Å². The number of pyridine rings is 1. The number of rotatable bonds is 6. The van der Waals surface area contributed by atoms with Gasteiger partial charge in [-0.3, -0.25) is 20.4 Å². The third-order valence-electron chi connectivity index (χ3n) is 5.03. The van der Waals surface area contributed by atoms with Crippen molar-refractivity contribution in [3.63, 3.8) is 0 Å². The molecule has 0 saturated heterocycles. The number of nitrogens with zero attached hydrogens (tertiary/aromatic N) is 3. The summed E-state index contributed by atoms with van der Waals surface area (Å²) in [6, 6.07) is 14.4. The molecule has 0 aliphatic carbocycles. The van der Waals surface area contributed by atoms with E-state index in [1.54, 1.807) is 38.5 Å². The summed E-state index contributed by atoms with van der Waals surface area (Å²) in [5.41, 5.74) is 7.85. The summed E-state index contributed by atoms with van der Waals surface area (Å²) in [5.74, 6) is 0.202. The number of hydrogen-bond acceptors (Lipinski definition) is 8. The lowest BCUT2D eigenvalue weighted by molar-refractivity contribution is 0.0849. The van der Waals surface area contributed by atoms with Crippen LogP contribution in [-0.2, 0) is 6.42 Å². The Hall–Kier alpha value is -4.05. The highest BCUT2D eigenvalue weighted by Crippen LogP contribution is 2.33. The zero-order valence-electron chi connectivity index (χ0n) is 18.2. The number of aryl methyl sites for hydroxylation is 1.